The molecule has 0 N–H and O–H groups in total. The molecule has 3 atom stereocenters. The van der Waals surface area contributed by atoms with Gasteiger partial charge in [-0.3, -0.25) is 0 Å². The number of fused-ring (bicyclic) bond motifs is 2. The Balaban J connectivity index is 2.13. The van der Waals surface area contributed by atoms with Gasteiger partial charge in [0.25, 0.3) is 0 Å². The number of hydrogen-bond donors (Lipinski definition) is 0. The van der Waals surface area contributed by atoms with Crippen molar-refractivity contribution >= 4 is 9.84 Å². The van der Waals surface area contributed by atoms with Crippen molar-refractivity contribution in [3.63, 3.8) is 0 Å². The van der Waals surface area contributed by atoms with Gasteiger partial charge in [0.1, 0.15) is 0 Å². The van der Waals surface area contributed by atoms with E-state index in [-0.39, 0.29) is 16.7 Å². The molecule has 2 nitrogen and oxygen atoms in total. The van der Waals surface area contributed by atoms with Gasteiger partial charge in [0.15, 0.2) is 9.84 Å². The lowest BCUT2D eigenvalue weighted by Crippen LogP contribution is -2.29. The molecule has 0 spiro atoms. The molecule has 2 fully saturated rings. The number of rotatable bonds is 2. The van der Waals surface area contributed by atoms with Crippen LogP contribution in [0.25, 0.3) is 0 Å². The van der Waals surface area contributed by atoms with E-state index in [0.29, 0.717) is 5.57 Å². The molecule has 2 bridgehead atoms. The first-order chi connectivity index (χ1) is 8.48. The molecule has 2 aliphatic rings. The largest absolute Gasteiger partial charge is 0.223 e. The molecule has 0 saturated heterocycles. The van der Waals surface area contributed by atoms with Gasteiger partial charge < -0.3 is 0 Å². The van der Waals surface area contributed by atoms with Crippen molar-refractivity contribution in [1.82, 2.24) is 0 Å². The molecule has 0 amide bonds. The van der Waals surface area contributed by atoms with Crippen molar-refractivity contribution in [3.8, 4) is 0 Å². The first kappa shape index (κ1) is 9.89. The van der Waals surface area contributed by atoms with E-state index in [1.54, 1.807) is 30.3 Å². The Kier molecular flexibility index (Phi) is 2.15. The summed E-state index contributed by atoms with van der Waals surface area (Å²) >= 11 is 0. The first-order valence-electron chi connectivity index (χ1n) is 6.47. The third-order valence-corrected chi connectivity index (χ3v) is 6.02. The van der Waals surface area contributed by atoms with Crippen LogP contribution in [0.2, 0.25) is 0 Å². The normalized spacial score (nSPS) is 37.2. The van der Waals surface area contributed by atoms with Gasteiger partial charge in [0.2, 0.25) is 0 Å². The van der Waals surface area contributed by atoms with Crippen LogP contribution < -0.4 is 0 Å². The van der Waals surface area contributed by atoms with Crippen LogP contribution in [-0.4, -0.2) is 13.6 Å². The van der Waals surface area contributed by atoms with E-state index in [2.05, 4.69) is 6.58 Å². The molecule has 0 aromatic heterocycles. The molecule has 3 rings (SSSR count). The Morgan fingerprint density at radius 2 is 1.94 bits per heavy atom. The van der Waals surface area contributed by atoms with E-state index in [4.69, 9.17) is 1.37 Å². The van der Waals surface area contributed by atoms with Crippen LogP contribution in [0, 0.1) is 11.8 Å². The van der Waals surface area contributed by atoms with Gasteiger partial charge in [-0.2, -0.15) is 0 Å². The predicted octanol–water partition coefficient (Wildman–Crippen LogP) is 2.82. The van der Waals surface area contributed by atoms with Crippen LogP contribution in [0.15, 0.2) is 47.4 Å². The van der Waals surface area contributed by atoms with Gasteiger partial charge in [-0.25, -0.2) is 8.42 Å². The summed E-state index contributed by atoms with van der Waals surface area (Å²) < 4.78 is 33.9. The van der Waals surface area contributed by atoms with E-state index in [0.717, 1.165) is 19.3 Å². The molecule has 2 aliphatic carbocycles. The zero-order valence-corrected chi connectivity index (χ0v) is 10.4. The summed E-state index contributed by atoms with van der Waals surface area (Å²) in [5, 5.41) is -1.50. The van der Waals surface area contributed by atoms with Crippen LogP contribution in [0.3, 0.4) is 0 Å². The lowest BCUT2D eigenvalue weighted by Gasteiger charge is -2.24. The standard InChI is InChI=1S/C14H16O2S/c1-10-11-7-8-12(9-11)14(10)17(15,16)13-5-3-2-4-6-13/h2-6,11-12,14H,1,7-9H2/t11-,12+,14-/m0/s1/i14D. The molecule has 2 saturated carbocycles. The Morgan fingerprint density at radius 3 is 2.53 bits per heavy atom. The second-order valence-corrected chi connectivity index (χ2v) is 6.83. The van der Waals surface area contributed by atoms with Gasteiger partial charge in [0.05, 0.1) is 11.5 Å². The van der Waals surface area contributed by atoms with Crippen molar-refractivity contribution in [2.45, 2.75) is 29.4 Å². The van der Waals surface area contributed by atoms with Crippen LogP contribution >= 0.6 is 0 Å². The fraction of sp³-hybridized carbons (Fsp3) is 0.429. The molecular weight excluding hydrogens is 232 g/mol. The molecule has 0 unspecified atom stereocenters. The van der Waals surface area contributed by atoms with Crippen molar-refractivity contribution in [1.29, 1.82) is 0 Å². The molecular formula is C14H16O2S. The van der Waals surface area contributed by atoms with E-state index in [9.17, 15) is 8.42 Å². The fourth-order valence-electron chi connectivity index (χ4n) is 3.12. The van der Waals surface area contributed by atoms with Crippen LogP contribution in [0.1, 0.15) is 20.6 Å². The maximum Gasteiger partial charge on any atom is 0.185 e. The highest BCUT2D eigenvalue weighted by molar-refractivity contribution is 7.92. The van der Waals surface area contributed by atoms with Gasteiger partial charge >= 0.3 is 0 Å². The molecule has 0 heterocycles. The highest BCUT2D eigenvalue weighted by Crippen LogP contribution is 2.51. The molecule has 0 aliphatic heterocycles. The minimum atomic E-state index is -3.65. The van der Waals surface area contributed by atoms with Crippen molar-refractivity contribution < 1.29 is 9.79 Å². The minimum Gasteiger partial charge on any atom is -0.223 e. The monoisotopic (exact) mass is 249 g/mol. The Labute approximate surface area is 104 Å². The molecule has 0 radical (unpaired) electrons. The number of sulfone groups is 1. The maximum atomic E-state index is 12.7. The first-order valence-corrected chi connectivity index (χ1v) is 7.45. The average Bonchev–Trinajstić information content (AvgIpc) is 2.94. The quantitative estimate of drug-likeness (QED) is 0.755. The maximum absolute atomic E-state index is 12.7. The lowest BCUT2D eigenvalue weighted by molar-refractivity contribution is 0.523. The van der Waals surface area contributed by atoms with Crippen LogP contribution in [0.4, 0.5) is 0 Å². The fourth-order valence-corrected chi connectivity index (χ4v) is 5.05. The molecule has 1 aromatic rings. The third kappa shape index (κ3) is 1.56. The van der Waals surface area contributed by atoms with Crippen LogP contribution in [0.5, 0.6) is 0 Å². The molecule has 3 heteroatoms. The van der Waals surface area contributed by atoms with Gasteiger partial charge in [-0.1, -0.05) is 30.4 Å². The topological polar surface area (TPSA) is 34.1 Å². The minimum absolute atomic E-state index is 0.0831. The molecule has 90 valence electrons. The molecule has 17 heavy (non-hydrogen) atoms. The summed E-state index contributed by atoms with van der Waals surface area (Å²) in [5.41, 5.74) is 0.600. The second-order valence-electron chi connectivity index (χ2n) is 4.91. The summed E-state index contributed by atoms with van der Waals surface area (Å²) in [5.74, 6) is 0.145. The zero-order chi connectivity index (χ0) is 13.0. The average molecular weight is 249 g/mol. The second kappa shape index (κ2) is 3.70. The SMILES string of the molecule is [2H][C@]1(S(=O)(=O)c2ccccc2)C(=C)[C@H]2CC[C@@H]1C2. The summed E-state index contributed by atoms with van der Waals surface area (Å²) in [7, 11) is -3.65. The van der Waals surface area contributed by atoms with E-state index < -0.39 is 15.1 Å². The van der Waals surface area contributed by atoms with Crippen LogP contribution in [-0.2, 0) is 9.84 Å². The number of benzene rings is 1. The Hall–Kier alpha value is -1.09. The highest BCUT2D eigenvalue weighted by atomic mass is 32.2. The smallest absolute Gasteiger partial charge is 0.185 e. The third-order valence-electron chi connectivity index (χ3n) is 3.96. The van der Waals surface area contributed by atoms with E-state index in [1.165, 1.54) is 0 Å². The van der Waals surface area contributed by atoms with Crippen molar-refractivity contribution in [2.24, 2.45) is 11.8 Å². The summed E-state index contributed by atoms with van der Waals surface area (Å²) in [6, 6.07) is 8.33. The van der Waals surface area contributed by atoms with Gasteiger partial charge in [-0.15, -0.1) is 0 Å². The summed E-state index contributed by atoms with van der Waals surface area (Å²) in [6.45, 7) is 3.92. The molecule has 1 aromatic carbocycles. The zero-order valence-electron chi connectivity index (χ0n) is 10.6. The van der Waals surface area contributed by atoms with Crippen molar-refractivity contribution in [3.05, 3.63) is 42.5 Å². The summed E-state index contributed by atoms with van der Waals surface area (Å²) in [4.78, 5) is 0.244. The Morgan fingerprint density at radius 1 is 1.24 bits per heavy atom. The summed E-state index contributed by atoms with van der Waals surface area (Å²) in [6.07, 6.45) is 2.64. The predicted molar refractivity (Wildman–Crippen MR) is 67.4 cm³/mol. The van der Waals surface area contributed by atoms with Crippen molar-refractivity contribution in [2.75, 3.05) is 0 Å². The van der Waals surface area contributed by atoms with E-state index in [1.807, 2.05) is 0 Å². The van der Waals surface area contributed by atoms with E-state index >= 15 is 0 Å². The van der Waals surface area contributed by atoms with Gasteiger partial charge in [-0.05, 0) is 43.2 Å². The highest BCUT2D eigenvalue weighted by Gasteiger charge is 2.49. The lowest BCUT2D eigenvalue weighted by atomic mass is 9.96. The Bertz CT molecular complexity index is 593. The number of hydrogen-bond acceptors (Lipinski definition) is 2. The van der Waals surface area contributed by atoms with Gasteiger partial charge in [0, 0.05) is 0 Å².